The van der Waals surface area contributed by atoms with Gasteiger partial charge in [-0.05, 0) is 17.5 Å². The zero-order chi connectivity index (χ0) is 13.8. The summed E-state index contributed by atoms with van der Waals surface area (Å²) in [6.07, 6.45) is 1.63. The van der Waals surface area contributed by atoms with Crippen LogP contribution in [0.5, 0.6) is 0 Å². The van der Waals surface area contributed by atoms with Gasteiger partial charge in [0.1, 0.15) is 5.76 Å². The van der Waals surface area contributed by atoms with Crippen molar-refractivity contribution in [2.45, 2.75) is 33.2 Å². The quantitative estimate of drug-likeness (QED) is 0.917. The van der Waals surface area contributed by atoms with Gasteiger partial charge in [0.15, 0.2) is 5.89 Å². The first-order valence-electron chi connectivity index (χ1n) is 6.36. The van der Waals surface area contributed by atoms with Crippen molar-refractivity contribution in [2.24, 2.45) is 0 Å². The third kappa shape index (κ3) is 3.22. The summed E-state index contributed by atoms with van der Waals surface area (Å²) in [6, 6.07) is 7.65. The van der Waals surface area contributed by atoms with Gasteiger partial charge in [-0.3, -0.25) is 4.79 Å². The molecule has 0 unspecified atom stereocenters. The topological polar surface area (TPSA) is 55.1 Å². The zero-order valence-electron chi connectivity index (χ0n) is 11.4. The molecule has 0 aliphatic heterocycles. The molecule has 0 atom stereocenters. The highest BCUT2D eigenvalue weighted by atomic mass is 16.4. The monoisotopic (exact) mass is 258 g/mol. The largest absolute Gasteiger partial charge is 0.444 e. The summed E-state index contributed by atoms with van der Waals surface area (Å²) in [7, 11) is 0. The first-order valence-corrected chi connectivity index (χ1v) is 6.36. The summed E-state index contributed by atoms with van der Waals surface area (Å²) >= 11 is 0. The Bertz CT molecular complexity index is 573. The lowest BCUT2D eigenvalue weighted by Crippen LogP contribution is -2.24. The van der Waals surface area contributed by atoms with Gasteiger partial charge in [-0.1, -0.05) is 32.0 Å². The average molecular weight is 258 g/mol. The Labute approximate surface area is 112 Å². The molecule has 0 saturated carbocycles. The fourth-order valence-corrected chi connectivity index (χ4v) is 1.96. The molecule has 0 spiro atoms. The second kappa shape index (κ2) is 5.69. The van der Waals surface area contributed by atoms with Gasteiger partial charge in [-0.2, -0.15) is 0 Å². The Kier molecular flexibility index (Phi) is 4.00. The highest BCUT2D eigenvalue weighted by molar-refractivity contribution is 5.95. The predicted octanol–water partition coefficient (Wildman–Crippen LogP) is 3.04. The lowest BCUT2D eigenvalue weighted by Gasteiger charge is -2.11. The van der Waals surface area contributed by atoms with Gasteiger partial charge in [-0.15, -0.1) is 0 Å². The Morgan fingerprint density at radius 3 is 2.74 bits per heavy atom. The molecule has 4 heteroatoms. The van der Waals surface area contributed by atoms with Gasteiger partial charge >= 0.3 is 0 Å². The van der Waals surface area contributed by atoms with Gasteiger partial charge in [0.05, 0.1) is 12.7 Å². The average Bonchev–Trinajstić information content (AvgIpc) is 2.81. The van der Waals surface area contributed by atoms with Crippen molar-refractivity contribution in [1.82, 2.24) is 10.3 Å². The smallest absolute Gasteiger partial charge is 0.251 e. The maximum Gasteiger partial charge on any atom is 0.251 e. The van der Waals surface area contributed by atoms with Gasteiger partial charge < -0.3 is 9.73 Å². The van der Waals surface area contributed by atoms with Crippen molar-refractivity contribution in [3.05, 3.63) is 53.2 Å². The first-order chi connectivity index (χ1) is 9.08. The number of hydrogen-bond acceptors (Lipinski definition) is 3. The number of nitrogens with zero attached hydrogens (tertiary/aromatic N) is 1. The fourth-order valence-electron chi connectivity index (χ4n) is 1.96. The molecule has 2 aromatic rings. The van der Waals surface area contributed by atoms with E-state index in [-0.39, 0.29) is 5.91 Å². The van der Waals surface area contributed by atoms with Crippen LogP contribution in [0.4, 0.5) is 0 Å². The van der Waals surface area contributed by atoms with E-state index < -0.39 is 0 Å². The van der Waals surface area contributed by atoms with E-state index >= 15 is 0 Å². The molecule has 19 heavy (non-hydrogen) atoms. The van der Waals surface area contributed by atoms with E-state index in [2.05, 4.69) is 24.1 Å². The van der Waals surface area contributed by atoms with E-state index in [1.807, 2.05) is 24.3 Å². The minimum Gasteiger partial charge on any atom is -0.444 e. The minimum absolute atomic E-state index is 0.0849. The van der Waals surface area contributed by atoms with Crippen molar-refractivity contribution in [1.29, 1.82) is 0 Å². The summed E-state index contributed by atoms with van der Waals surface area (Å²) in [5.74, 6) is 1.49. The highest BCUT2D eigenvalue weighted by Gasteiger charge is 2.13. The Hall–Kier alpha value is -2.10. The molecular weight excluding hydrogens is 240 g/mol. The lowest BCUT2D eigenvalue weighted by molar-refractivity contribution is 0.0946. The molecule has 0 aliphatic rings. The SMILES string of the molecule is Cc1ncc(CNC(=O)c2ccccc2C(C)C)o1. The maximum atomic E-state index is 12.2. The first kappa shape index (κ1) is 13.3. The Morgan fingerprint density at radius 2 is 2.11 bits per heavy atom. The van der Waals surface area contributed by atoms with Crippen LogP contribution in [0, 0.1) is 6.92 Å². The van der Waals surface area contributed by atoms with E-state index in [0.29, 0.717) is 29.7 Å². The van der Waals surface area contributed by atoms with Crippen molar-refractivity contribution in [2.75, 3.05) is 0 Å². The van der Waals surface area contributed by atoms with Gasteiger partial charge in [0.25, 0.3) is 5.91 Å². The number of hydrogen-bond donors (Lipinski definition) is 1. The molecule has 1 aromatic carbocycles. The predicted molar refractivity (Wildman–Crippen MR) is 72.9 cm³/mol. The second-order valence-corrected chi connectivity index (χ2v) is 4.77. The van der Waals surface area contributed by atoms with Crippen molar-refractivity contribution in [3.63, 3.8) is 0 Å². The molecule has 1 N–H and O–H groups in total. The molecule has 1 amide bonds. The number of aromatic nitrogens is 1. The number of rotatable bonds is 4. The number of amides is 1. The van der Waals surface area contributed by atoms with E-state index in [9.17, 15) is 4.79 Å². The molecule has 100 valence electrons. The lowest BCUT2D eigenvalue weighted by atomic mass is 9.97. The molecule has 0 saturated heterocycles. The van der Waals surface area contributed by atoms with Crippen molar-refractivity contribution in [3.8, 4) is 0 Å². The number of aryl methyl sites for hydroxylation is 1. The van der Waals surface area contributed by atoms with Crippen molar-refractivity contribution < 1.29 is 9.21 Å². The molecule has 2 rings (SSSR count). The summed E-state index contributed by atoms with van der Waals surface area (Å²) in [5, 5.41) is 2.85. The minimum atomic E-state index is -0.0849. The van der Waals surface area contributed by atoms with Crippen LogP contribution < -0.4 is 5.32 Å². The van der Waals surface area contributed by atoms with Crippen LogP contribution in [-0.4, -0.2) is 10.9 Å². The van der Waals surface area contributed by atoms with Gasteiger partial charge in [0, 0.05) is 12.5 Å². The molecule has 0 bridgehead atoms. The molecule has 1 heterocycles. The van der Waals surface area contributed by atoms with Crippen LogP contribution in [0.2, 0.25) is 0 Å². The number of benzene rings is 1. The summed E-state index contributed by atoms with van der Waals surface area (Å²) < 4.78 is 5.32. The zero-order valence-corrected chi connectivity index (χ0v) is 11.4. The van der Waals surface area contributed by atoms with Crippen molar-refractivity contribution >= 4 is 5.91 Å². The van der Waals surface area contributed by atoms with Crippen LogP contribution in [0.3, 0.4) is 0 Å². The number of nitrogens with one attached hydrogen (secondary N) is 1. The highest BCUT2D eigenvalue weighted by Crippen LogP contribution is 2.19. The summed E-state index contributed by atoms with van der Waals surface area (Å²) in [5.41, 5.74) is 1.77. The van der Waals surface area contributed by atoms with E-state index in [4.69, 9.17) is 4.42 Å². The van der Waals surface area contributed by atoms with E-state index in [0.717, 1.165) is 5.56 Å². The molecule has 0 aliphatic carbocycles. The van der Waals surface area contributed by atoms with Crippen LogP contribution >= 0.6 is 0 Å². The number of carbonyl (C=O) groups is 1. The standard InChI is InChI=1S/C15H18N2O2/c1-10(2)13-6-4-5-7-14(13)15(18)17-9-12-8-16-11(3)19-12/h4-8,10H,9H2,1-3H3,(H,17,18). The van der Waals surface area contributed by atoms with Crippen LogP contribution in [0.25, 0.3) is 0 Å². The number of oxazole rings is 1. The van der Waals surface area contributed by atoms with E-state index in [1.165, 1.54) is 0 Å². The second-order valence-electron chi connectivity index (χ2n) is 4.77. The number of carbonyl (C=O) groups excluding carboxylic acids is 1. The third-order valence-corrected chi connectivity index (χ3v) is 2.92. The van der Waals surface area contributed by atoms with Crippen LogP contribution in [-0.2, 0) is 6.54 Å². The molecule has 0 radical (unpaired) electrons. The fraction of sp³-hybridized carbons (Fsp3) is 0.333. The van der Waals surface area contributed by atoms with Crippen LogP contribution in [0.1, 0.15) is 47.3 Å². The van der Waals surface area contributed by atoms with Gasteiger partial charge in [0.2, 0.25) is 0 Å². The normalized spacial score (nSPS) is 10.7. The molecule has 4 nitrogen and oxygen atoms in total. The third-order valence-electron chi connectivity index (χ3n) is 2.92. The summed E-state index contributed by atoms with van der Waals surface area (Å²) in [4.78, 5) is 16.2. The Morgan fingerprint density at radius 1 is 1.37 bits per heavy atom. The van der Waals surface area contributed by atoms with Gasteiger partial charge in [-0.25, -0.2) is 4.98 Å². The Balaban J connectivity index is 2.08. The van der Waals surface area contributed by atoms with E-state index in [1.54, 1.807) is 13.1 Å². The molecule has 0 fully saturated rings. The summed E-state index contributed by atoms with van der Waals surface area (Å²) in [6.45, 7) is 6.28. The maximum absolute atomic E-state index is 12.2. The molecule has 1 aromatic heterocycles. The van der Waals surface area contributed by atoms with Crippen LogP contribution in [0.15, 0.2) is 34.9 Å². The molecular formula is C15H18N2O2.